The lowest BCUT2D eigenvalue weighted by molar-refractivity contribution is 0.0329. The van der Waals surface area contributed by atoms with E-state index in [0.29, 0.717) is 23.4 Å². The maximum Gasteiger partial charge on any atom is 0.248 e. The summed E-state index contributed by atoms with van der Waals surface area (Å²) in [7, 11) is 1.72. The van der Waals surface area contributed by atoms with Gasteiger partial charge in [-0.25, -0.2) is 0 Å². The number of nitrogen functional groups attached to an aromatic ring is 1. The first-order valence-corrected chi connectivity index (χ1v) is 5.59. The maximum absolute atomic E-state index is 11.0. The van der Waals surface area contributed by atoms with Gasteiger partial charge in [-0.2, -0.15) is 0 Å². The van der Waals surface area contributed by atoms with Gasteiger partial charge < -0.3 is 21.5 Å². The number of benzene rings is 1. The van der Waals surface area contributed by atoms with Gasteiger partial charge in [-0.1, -0.05) is 0 Å². The third kappa shape index (κ3) is 2.50. The molecule has 5 N–H and O–H groups in total. The largest absolute Gasteiger partial charge is 0.397 e. The Kier molecular flexibility index (Phi) is 3.19. The molecule has 17 heavy (non-hydrogen) atoms. The first-order chi connectivity index (χ1) is 8.10. The third-order valence-electron chi connectivity index (χ3n) is 3.12. The molecule has 0 aromatic heterocycles. The van der Waals surface area contributed by atoms with E-state index in [2.05, 4.69) is 5.32 Å². The summed E-state index contributed by atoms with van der Waals surface area (Å²) < 4.78 is 5.20. The van der Waals surface area contributed by atoms with Crippen molar-refractivity contribution in [2.24, 2.45) is 5.73 Å². The second kappa shape index (κ2) is 4.63. The number of hydrogen-bond donors (Lipinski definition) is 3. The highest BCUT2D eigenvalue weighted by molar-refractivity contribution is 5.94. The molecule has 1 amide bonds. The summed E-state index contributed by atoms with van der Waals surface area (Å²) in [6, 6.07) is 5.45. The zero-order chi connectivity index (χ0) is 12.4. The van der Waals surface area contributed by atoms with Crippen LogP contribution < -0.4 is 16.8 Å². The van der Waals surface area contributed by atoms with Crippen LogP contribution in [0.15, 0.2) is 18.2 Å². The van der Waals surface area contributed by atoms with Crippen molar-refractivity contribution in [1.82, 2.24) is 0 Å². The van der Waals surface area contributed by atoms with Gasteiger partial charge in [-0.3, -0.25) is 4.79 Å². The molecule has 0 heterocycles. The minimum absolute atomic E-state index is 0.346. The molecule has 1 aromatic rings. The molecule has 0 radical (unpaired) electrons. The number of nitrogens with one attached hydrogen (secondary N) is 1. The molecule has 5 heteroatoms. The predicted octanol–water partition coefficient (Wildman–Crippen LogP) is 0.957. The molecule has 1 aliphatic carbocycles. The predicted molar refractivity (Wildman–Crippen MR) is 66.8 cm³/mol. The van der Waals surface area contributed by atoms with Gasteiger partial charge in [0.1, 0.15) is 0 Å². The average Bonchev–Trinajstić information content (AvgIpc) is 2.24. The number of carbonyl (C=O) groups is 1. The summed E-state index contributed by atoms with van der Waals surface area (Å²) in [5.41, 5.74) is 12.8. The van der Waals surface area contributed by atoms with Crippen LogP contribution in [0.2, 0.25) is 0 Å². The fraction of sp³-hybridized carbons (Fsp3) is 0.417. The van der Waals surface area contributed by atoms with Crippen LogP contribution in [0.5, 0.6) is 0 Å². The SMILES string of the molecule is COC1CC(Nc2ccc(C(N)=O)cc2N)C1. The second-order valence-electron chi connectivity index (χ2n) is 4.34. The van der Waals surface area contributed by atoms with Gasteiger partial charge in [0, 0.05) is 18.7 Å². The van der Waals surface area contributed by atoms with Crippen molar-refractivity contribution in [3.05, 3.63) is 23.8 Å². The summed E-state index contributed by atoms with van der Waals surface area (Å²) in [6.45, 7) is 0. The van der Waals surface area contributed by atoms with Crippen molar-refractivity contribution in [3.63, 3.8) is 0 Å². The number of nitrogens with two attached hydrogens (primary N) is 2. The fourth-order valence-electron chi connectivity index (χ4n) is 1.94. The van der Waals surface area contributed by atoms with E-state index in [1.807, 2.05) is 0 Å². The molecule has 1 aliphatic rings. The van der Waals surface area contributed by atoms with Crippen LogP contribution in [0.3, 0.4) is 0 Å². The van der Waals surface area contributed by atoms with Gasteiger partial charge in [0.2, 0.25) is 5.91 Å². The zero-order valence-corrected chi connectivity index (χ0v) is 9.77. The van der Waals surface area contributed by atoms with Gasteiger partial charge >= 0.3 is 0 Å². The van der Waals surface area contributed by atoms with E-state index in [9.17, 15) is 4.79 Å². The molecule has 0 unspecified atom stereocenters. The molecule has 1 saturated carbocycles. The standard InChI is InChI=1S/C12H17N3O2/c1-17-9-5-8(6-9)15-11-3-2-7(12(14)16)4-10(11)13/h2-4,8-9,15H,5-6,13H2,1H3,(H2,14,16). The second-order valence-corrected chi connectivity index (χ2v) is 4.34. The minimum atomic E-state index is -0.466. The number of carbonyl (C=O) groups excluding carboxylic acids is 1. The molecule has 0 bridgehead atoms. The van der Waals surface area contributed by atoms with E-state index in [1.165, 1.54) is 0 Å². The van der Waals surface area contributed by atoms with E-state index >= 15 is 0 Å². The Hall–Kier alpha value is -1.75. The molecular weight excluding hydrogens is 218 g/mol. The molecule has 0 atom stereocenters. The Labute approximate surface area is 100 Å². The molecule has 0 spiro atoms. The number of ether oxygens (including phenoxy) is 1. The van der Waals surface area contributed by atoms with Crippen molar-refractivity contribution in [2.75, 3.05) is 18.2 Å². The third-order valence-corrected chi connectivity index (χ3v) is 3.12. The van der Waals surface area contributed by atoms with Crippen molar-refractivity contribution in [1.29, 1.82) is 0 Å². The maximum atomic E-state index is 11.0. The first kappa shape index (κ1) is 11.7. The molecule has 1 aromatic carbocycles. The molecule has 0 aliphatic heterocycles. The van der Waals surface area contributed by atoms with Gasteiger partial charge in [-0.15, -0.1) is 0 Å². The van der Waals surface area contributed by atoms with Crippen LogP contribution in [0.25, 0.3) is 0 Å². The smallest absolute Gasteiger partial charge is 0.248 e. The molecule has 0 saturated heterocycles. The van der Waals surface area contributed by atoms with Gasteiger partial charge in [-0.05, 0) is 31.0 Å². The van der Waals surface area contributed by atoms with Crippen LogP contribution in [-0.2, 0) is 4.74 Å². The number of primary amides is 1. The highest BCUT2D eigenvalue weighted by atomic mass is 16.5. The Bertz CT molecular complexity index is 428. The summed E-state index contributed by atoms with van der Waals surface area (Å²) in [5.74, 6) is -0.466. The van der Waals surface area contributed by atoms with E-state index < -0.39 is 5.91 Å². The minimum Gasteiger partial charge on any atom is -0.397 e. The summed E-state index contributed by atoms with van der Waals surface area (Å²) in [5, 5.41) is 3.32. The number of anilines is 2. The van der Waals surface area contributed by atoms with E-state index in [4.69, 9.17) is 16.2 Å². The van der Waals surface area contributed by atoms with E-state index in [-0.39, 0.29) is 0 Å². The molecular formula is C12H17N3O2. The van der Waals surface area contributed by atoms with Crippen molar-refractivity contribution in [2.45, 2.75) is 25.0 Å². The summed E-state index contributed by atoms with van der Waals surface area (Å²) in [4.78, 5) is 11.0. The quantitative estimate of drug-likeness (QED) is 0.678. The van der Waals surface area contributed by atoms with Gasteiger partial charge in [0.05, 0.1) is 17.5 Å². The van der Waals surface area contributed by atoms with Gasteiger partial charge in [0.25, 0.3) is 0 Å². The summed E-state index contributed by atoms with van der Waals surface area (Å²) in [6.07, 6.45) is 2.31. The van der Waals surface area contributed by atoms with Crippen LogP contribution in [-0.4, -0.2) is 25.2 Å². The molecule has 1 fully saturated rings. The highest BCUT2D eigenvalue weighted by Crippen LogP contribution is 2.29. The summed E-state index contributed by atoms with van der Waals surface area (Å²) >= 11 is 0. The van der Waals surface area contributed by atoms with Crippen LogP contribution in [0.1, 0.15) is 23.2 Å². The van der Waals surface area contributed by atoms with E-state index in [1.54, 1.807) is 25.3 Å². The first-order valence-electron chi connectivity index (χ1n) is 5.59. The van der Waals surface area contributed by atoms with Crippen molar-refractivity contribution < 1.29 is 9.53 Å². The van der Waals surface area contributed by atoms with E-state index in [0.717, 1.165) is 18.5 Å². The highest BCUT2D eigenvalue weighted by Gasteiger charge is 2.29. The Balaban J connectivity index is 2.00. The number of rotatable bonds is 4. The Morgan fingerprint density at radius 3 is 2.71 bits per heavy atom. The Morgan fingerprint density at radius 2 is 2.18 bits per heavy atom. The zero-order valence-electron chi connectivity index (χ0n) is 9.77. The fourth-order valence-corrected chi connectivity index (χ4v) is 1.94. The number of methoxy groups -OCH3 is 1. The molecule has 2 rings (SSSR count). The van der Waals surface area contributed by atoms with Crippen LogP contribution in [0, 0.1) is 0 Å². The lowest BCUT2D eigenvalue weighted by atomic mass is 9.89. The van der Waals surface area contributed by atoms with Crippen LogP contribution >= 0.6 is 0 Å². The molecule has 5 nitrogen and oxygen atoms in total. The number of hydrogen-bond acceptors (Lipinski definition) is 4. The van der Waals surface area contributed by atoms with Crippen molar-refractivity contribution in [3.8, 4) is 0 Å². The molecule has 92 valence electrons. The number of amides is 1. The van der Waals surface area contributed by atoms with Gasteiger partial charge in [0.15, 0.2) is 0 Å². The lowest BCUT2D eigenvalue weighted by Gasteiger charge is -2.35. The van der Waals surface area contributed by atoms with Crippen molar-refractivity contribution >= 4 is 17.3 Å². The average molecular weight is 235 g/mol. The Morgan fingerprint density at radius 1 is 1.47 bits per heavy atom. The topological polar surface area (TPSA) is 90.4 Å². The lowest BCUT2D eigenvalue weighted by Crippen LogP contribution is -2.40. The van der Waals surface area contributed by atoms with Crippen LogP contribution in [0.4, 0.5) is 11.4 Å². The monoisotopic (exact) mass is 235 g/mol. The normalized spacial score (nSPS) is 22.9.